The molecule has 0 aliphatic carbocycles. The second-order valence-electron chi connectivity index (χ2n) is 3.01. The lowest BCUT2D eigenvalue weighted by molar-refractivity contribution is 0.230. The van der Waals surface area contributed by atoms with E-state index in [9.17, 15) is 0 Å². The van der Waals surface area contributed by atoms with Crippen molar-refractivity contribution in [2.75, 3.05) is 13.2 Å². The zero-order valence-corrected chi connectivity index (χ0v) is 9.40. The van der Waals surface area contributed by atoms with Crippen LogP contribution in [0.25, 0.3) is 0 Å². The molecular weight excluding hydrogens is 246 g/mol. The largest absolute Gasteiger partial charge is 0.492 e. The molecule has 0 fully saturated rings. The summed E-state index contributed by atoms with van der Waals surface area (Å²) in [5.74, 6) is 0.803. The van der Waals surface area contributed by atoms with Gasteiger partial charge in [-0.15, -0.1) is 0 Å². The van der Waals surface area contributed by atoms with Gasteiger partial charge in [-0.25, -0.2) is 0 Å². The van der Waals surface area contributed by atoms with Crippen LogP contribution in [0.15, 0.2) is 28.7 Å². The first-order valence-electron chi connectivity index (χ1n) is 4.48. The molecule has 78 valence electrons. The summed E-state index contributed by atoms with van der Waals surface area (Å²) in [4.78, 5) is 0. The van der Waals surface area contributed by atoms with Crippen LogP contribution in [0.2, 0.25) is 0 Å². The van der Waals surface area contributed by atoms with E-state index in [-0.39, 0.29) is 12.6 Å². The van der Waals surface area contributed by atoms with E-state index in [0.29, 0.717) is 13.0 Å². The number of para-hydroxylation sites is 1. The number of aliphatic hydroxyl groups excluding tert-OH is 1. The summed E-state index contributed by atoms with van der Waals surface area (Å²) in [5.41, 5.74) is 5.53. The van der Waals surface area contributed by atoms with E-state index >= 15 is 0 Å². The molecule has 3 nitrogen and oxygen atoms in total. The Morgan fingerprint density at radius 3 is 2.79 bits per heavy atom. The van der Waals surface area contributed by atoms with Crippen molar-refractivity contribution in [2.45, 2.75) is 12.5 Å². The van der Waals surface area contributed by atoms with Crippen molar-refractivity contribution in [1.29, 1.82) is 0 Å². The maximum atomic E-state index is 8.70. The molecule has 0 aliphatic heterocycles. The minimum atomic E-state index is -0.197. The zero-order chi connectivity index (χ0) is 10.4. The molecule has 0 radical (unpaired) electrons. The predicted molar refractivity (Wildman–Crippen MR) is 59.3 cm³/mol. The highest BCUT2D eigenvalue weighted by Crippen LogP contribution is 2.23. The van der Waals surface area contributed by atoms with Crippen LogP contribution in [-0.4, -0.2) is 24.4 Å². The third kappa shape index (κ3) is 3.65. The minimum Gasteiger partial charge on any atom is -0.492 e. The molecule has 4 heteroatoms. The number of nitrogens with two attached hydrogens (primary N) is 1. The summed E-state index contributed by atoms with van der Waals surface area (Å²) in [6, 6.07) is 7.44. The van der Waals surface area contributed by atoms with E-state index in [2.05, 4.69) is 15.9 Å². The number of aliphatic hydroxyl groups is 1. The Morgan fingerprint density at radius 2 is 2.14 bits per heavy atom. The van der Waals surface area contributed by atoms with E-state index in [1.54, 1.807) is 0 Å². The summed E-state index contributed by atoms with van der Waals surface area (Å²) in [7, 11) is 0. The van der Waals surface area contributed by atoms with Gasteiger partial charge in [0.15, 0.2) is 0 Å². The first kappa shape index (κ1) is 11.5. The highest BCUT2D eigenvalue weighted by Gasteiger charge is 2.02. The number of hydrogen-bond donors (Lipinski definition) is 2. The summed E-state index contributed by atoms with van der Waals surface area (Å²) in [6.45, 7) is 0.518. The third-order valence-electron chi connectivity index (χ3n) is 1.82. The lowest BCUT2D eigenvalue weighted by Gasteiger charge is -2.10. The molecule has 0 saturated heterocycles. The van der Waals surface area contributed by atoms with Crippen molar-refractivity contribution in [1.82, 2.24) is 0 Å². The van der Waals surface area contributed by atoms with Gasteiger partial charge in [0.05, 0.1) is 17.7 Å². The van der Waals surface area contributed by atoms with E-state index in [1.165, 1.54) is 0 Å². The fraction of sp³-hybridized carbons (Fsp3) is 0.400. The Morgan fingerprint density at radius 1 is 1.43 bits per heavy atom. The maximum Gasteiger partial charge on any atom is 0.133 e. The topological polar surface area (TPSA) is 55.5 Å². The molecule has 0 aromatic heterocycles. The molecule has 0 amide bonds. The fourth-order valence-corrected chi connectivity index (χ4v) is 1.37. The number of ether oxygens (including phenoxy) is 1. The van der Waals surface area contributed by atoms with Crippen LogP contribution in [0.4, 0.5) is 0 Å². The predicted octanol–water partition coefficient (Wildman–Crippen LogP) is 1.54. The van der Waals surface area contributed by atoms with Gasteiger partial charge in [0.1, 0.15) is 5.75 Å². The Labute approximate surface area is 92.0 Å². The van der Waals surface area contributed by atoms with Gasteiger partial charge < -0.3 is 15.6 Å². The smallest absolute Gasteiger partial charge is 0.133 e. The molecule has 0 bridgehead atoms. The molecular formula is C10H14BrNO2. The Hall–Kier alpha value is -0.580. The highest BCUT2D eigenvalue weighted by atomic mass is 79.9. The molecule has 14 heavy (non-hydrogen) atoms. The summed E-state index contributed by atoms with van der Waals surface area (Å²) >= 11 is 3.37. The molecule has 0 heterocycles. The van der Waals surface area contributed by atoms with Crippen LogP contribution >= 0.6 is 15.9 Å². The van der Waals surface area contributed by atoms with Gasteiger partial charge in [-0.05, 0) is 34.5 Å². The molecule has 1 aromatic rings. The monoisotopic (exact) mass is 259 g/mol. The minimum absolute atomic E-state index is 0.000675. The summed E-state index contributed by atoms with van der Waals surface area (Å²) < 4.78 is 6.40. The van der Waals surface area contributed by atoms with E-state index in [1.807, 2.05) is 24.3 Å². The van der Waals surface area contributed by atoms with Crippen molar-refractivity contribution >= 4 is 15.9 Å². The molecule has 3 N–H and O–H groups in total. The molecule has 1 atom stereocenters. The quantitative estimate of drug-likeness (QED) is 0.844. The average molecular weight is 260 g/mol. The van der Waals surface area contributed by atoms with Gasteiger partial charge in [-0.2, -0.15) is 0 Å². The van der Waals surface area contributed by atoms with Crippen LogP contribution in [0.5, 0.6) is 5.75 Å². The van der Waals surface area contributed by atoms with Gasteiger partial charge >= 0.3 is 0 Å². The molecule has 1 rings (SSSR count). The van der Waals surface area contributed by atoms with Crippen molar-refractivity contribution in [3.63, 3.8) is 0 Å². The van der Waals surface area contributed by atoms with Crippen LogP contribution < -0.4 is 10.5 Å². The fourth-order valence-electron chi connectivity index (χ4n) is 0.973. The standard InChI is InChI=1S/C10H14BrNO2/c11-9-3-1-2-4-10(9)14-6-5-8(12)7-13/h1-4,8,13H,5-7,12H2. The van der Waals surface area contributed by atoms with Crippen LogP contribution in [0, 0.1) is 0 Å². The normalized spacial score (nSPS) is 12.5. The first-order chi connectivity index (χ1) is 6.74. The highest BCUT2D eigenvalue weighted by molar-refractivity contribution is 9.10. The SMILES string of the molecule is NC(CO)CCOc1ccccc1Br. The Bertz CT molecular complexity index is 281. The van der Waals surface area contributed by atoms with Crippen molar-refractivity contribution in [2.24, 2.45) is 5.73 Å². The second-order valence-corrected chi connectivity index (χ2v) is 3.86. The molecule has 0 aliphatic rings. The Kier molecular flexibility index (Phi) is 4.93. The zero-order valence-electron chi connectivity index (χ0n) is 7.82. The van der Waals surface area contributed by atoms with Crippen molar-refractivity contribution in [3.05, 3.63) is 28.7 Å². The summed E-state index contributed by atoms with van der Waals surface area (Å²) in [6.07, 6.45) is 0.651. The van der Waals surface area contributed by atoms with Gasteiger partial charge in [-0.1, -0.05) is 12.1 Å². The summed E-state index contributed by atoms with van der Waals surface area (Å²) in [5, 5.41) is 8.70. The van der Waals surface area contributed by atoms with Gasteiger partial charge in [0, 0.05) is 6.04 Å². The third-order valence-corrected chi connectivity index (χ3v) is 2.47. The van der Waals surface area contributed by atoms with E-state index in [4.69, 9.17) is 15.6 Å². The second kappa shape index (κ2) is 6.01. The van der Waals surface area contributed by atoms with Crippen LogP contribution in [0.1, 0.15) is 6.42 Å². The Balaban J connectivity index is 2.35. The van der Waals surface area contributed by atoms with Gasteiger partial charge in [-0.3, -0.25) is 0 Å². The molecule has 1 unspecified atom stereocenters. The average Bonchev–Trinajstić information content (AvgIpc) is 2.20. The van der Waals surface area contributed by atoms with Crippen LogP contribution in [0.3, 0.4) is 0 Å². The molecule has 0 spiro atoms. The lowest BCUT2D eigenvalue weighted by atomic mass is 10.2. The van der Waals surface area contributed by atoms with Crippen LogP contribution in [-0.2, 0) is 0 Å². The molecule has 0 saturated carbocycles. The number of rotatable bonds is 5. The maximum absolute atomic E-state index is 8.70. The number of benzene rings is 1. The lowest BCUT2D eigenvalue weighted by Crippen LogP contribution is -2.26. The first-order valence-corrected chi connectivity index (χ1v) is 5.27. The molecule has 1 aromatic carbocycles. The number of halogens is 1. The van der Waals surface area contributed by atoms with Crippen molar-refractivity contribution < 1.29 is 9.84 Å². The number of hydrogen-bond acceptors (Lipinski definition) is 3. The van der Waals surface area contributed by atoms with Crippen molar-refractivity contribution in [3.8, 4) is 5.75 Å². The van der Waals surface area contributed by atoms with Gasteiger partial charge in [0.25, 0.3) is 0 Å². The van der Waals surface area contributed by atoms with E-state index in [0.717, 1.165) is 10.2 Å². The van der Waals surface area contributed by atoms with E-state index < -0.39 is 0 Å². The van der Waals surface area contributed by atoms with Gasteiger partial charge in [0.2, 0.25) is 0 Å².